The van der Waals surface area contributed by atoms with Crippen molar-refractivity contribution in [1.29, 1.82) is 0 Å². The third-order valence-corrected chi connectivity index (χ3v) is 1.93. The maximum Gasteiger partial charge on any atom is 0.0248 e. The van der Waals surface area contributed by atoms with Crippen LogP contribution in [0.25, 0.3) is 0 Å². The molecule has 0 fully saturated rings. The fourth-order valence-electron chi connectivity index (χ4n) is 0.852. The van der Waals surface area contributed by atoms with Crippen LogP contribution in [0.2, 0.25) is 0 Å². The first-order valence-corrected chi connectivity index (χ1v) is 5.33. The Bertz CT molecular complexity index is 314. The van der Waals surface area contributed by atoms with Crippen molar-refractivity contribution in [2.24, 2.45) is 0 Å². The molecule has 0 spiro atoms. The van der Waals surface area contributed by atoms with Crippen LogP contribution in [0, 0.1) is 11.8 Å². The van der Waals surface area contributed by atoms with E-state index in [2.05, 4.69) is 33.8 Å². The van der Waals surface area contributed by atoms with Gasteiger partial charge in [0, 0.05) is 10.9 Å². The lowest BCUT2D eigenvalue weighted by atomic mass is 10.2. The fraction of sp³-hybridized carbons (Fsp3) is 0.167. The van der Waals surface area contributed by atoms with Gasteiger partial charge in [0.1, 0.15) is 0 Å². The number of hydrogen-bond donors (Lipinski definition) is 0. The zero-order chi connectivity index (χ0) is 9.36. The van der Waals surface area contributed by atoms with Crippen LogP contribution in [0.15, 0.2) is 42.5 Å². The summed E-state index contributed by atoms with van der Waals surface area (Å²) in [5.74, 6) is 6.04. The number of halogens is 1. The van der Waals surface area contributed by atoms with E-state index >= 15 is 0 Å². The van der Waals surface area contributed by atoms with Gasteiger partial charge in [-0.1, -0.05) is 52.0 Å². The molecule has 0 atom stereocenters. The van der Waals surface area contributed by atoms with E-state index in [1.807, 2.05) is 36.4 Å². The van der Waals surface area contributed by atoms with E-state index in [-0.39, 0.29) is 0 Å². The molecule has 1 aromatic rings. The number of rotatable bonds is 2. The molecule has 0 N–H and O–H groups in total. The average Bonchev–Trinajstić information content (AvgIpc) is 2.19. The Morgan fingerprint density at radius 3 is 2.69 bits per heavy atom. The monoisotopic (exact) mass is 234 g/mol. The molecule has 0 heterocycles. The molecule has 0 aromatic heterocycles. The summed E-state index contributed by atoms with van der Waals surface area (Å²) in [6, 6.07) is 9.99. The van der Waals surface area contributed by atoms with Crippen LogP contribution < -0.4 is 0 Å². The molecule has 0 amide bonds. The van der Waals surface area contributed by atoms with Crippen LogP contribution in [0.4, 0.5) is 0 Å². The van der Waals surface area contributed by atoms with E-state index in [1.54, 1.807) is 0 Å². The van der Waals surface area contributed by atoms with Gasteiger partial charge in [-0.3, -0.25) is 0 Å². The second kappa shape index (κ2) is 6.51. The van der Waals surface area contributed by atoms with Crippen LogP contribution >= 0.6 is 15.9 Å². The summed E-state index contributed by atoms with van der Waals surface area (Å²) in [6.07, 6.45) is 4.99. The predicted octanol–water partition coefficient (Wildman–Crippen LogP) is 3.38. The van der Waals surface area contributed by atoms with Gasteiger partial charge in [-0.25, -0.2) is 0 Å². The molecule has 0 saturated carbocycles. The summed E-state index contributed by atoms with van der Waals surface area (Å²) in [7, 11) is 0. The van der Waals surface area contributed by atoms with E-state index in [4.69, 9.17) is 0 Å². The minimum absolute atomic E-state index is 0.997. The molecule has 1 aromatic carbocycles. The predicted molar refractivity (Wildman–Crippen MR) is 60.9 cm³/mol. The van der Waals surface area contributed by atoms with Gasteiger partial charge in [0.15, 0.2) is 0 Å². The van der Waals surface area contributed by atoms with Crippen molar-refractivity contribution in [2.45, 2.75) is 6.42 Å². The Morgan fingerprint density at radius 1 is 1.23 bits per heavy atom. The average molecular weight is 235 g/mol. The molecule has 0 radical (unpaired) electrons. The van der Waals surface area contributed by atoms with Crippen molar-refractivity contribution in [3.8, 4) is 11.8 Å². The largest absolute Gasteiger partial charge is 0.0925 e. The van der Waals surface area contributed by atoms with Gasteiger partial charge in [-0.2, -0.15) is 0 Å². The smallest absolute Gasteiger partial charge is 0.0248 e. The summed E-state index contributed by atoms with van der Waals surface area (Å²) >= 11 is 3.35. The van der Waals surface area contributed by atoms with Crippen LogP contribution in [-0.2, 0) is 0 Å². The molecule has 0 aliphatic rings. The number of allylic oxidation sites excluding steroid dienone is 2. The second-order valence-electron chi connectivity index (χ2n) is 2.52. The lowest BCUT2D eigenvalue weighted by Gasteiger charge is -1.84. The minimum Gasteiger partial charge on any atom is -0.0925 e. The highest BCUT2D eigenvalue weighted by Gasteiger charge is 1.78. The Balaban J connectivity index is 2.49. The molecule has 1 heteroatoms. The Morgan fingerprint density at radius 2 is 2.00 bits per heavy atom. The summed E-state index contributed by atoms with van der Waals surface area (Å²) in [4.78, 5) is 0. The lowest BCUT2D eigenvalue weighted by molar-refractivity contribution is 1.26. The maximum absolute atomic E-state index is 3.35. The van der Waals surface area contributed by atoms with Crippen LogP contribution in [0.5, 0.6) is 0 Å². The van der Waals surface area contributed by atoms with Crippen molar-refractivity contribution in [3.63, 3.8) is 0 Å². The SMILES string of the molecule is BrCC/C=C/C#Cc1ccccc1. The van der Waals surface area contributed by atoms with Gasteiger partial charge in [-0.15, -0.1) is 0 Å². The van der Waals surface area contributed by atoms with Gasteiger partial charge < -0.3 is 0 Å². The molecule has 0 unspecified atom stereocenters. The number of benzene rings is 1. The van der Waals surface area contributed by atoms with E-state index in [9.17, 15) is 0 Å². The van der Waals surface area contributed by atoms with Crippen molar-refractivity contribution in [3.05, 3.63) is 48.0 Å². The van der Waals surface area contributed by atoms with Gasteiger partial charge >= 0.3 is 0 Å². The first-order valence-electron chi connectivity index (χ1n) is 4.21. The fourth-order valence-corrected chi connectivity index (χ4v) is 1.12. The molecule has 0 aliphatic carbocycles. The third kappa shape index (κ3) is 4.55. The van der Waals surface area contributed by atoms with Gasteiger partial charge in [0.25, 0.3) is 0 Å². The van der Waals surface area contributed by atoms with E-state index in [0.717, 1.165) is 17.3 Å². The highest BCUT2D eigenvalue weighted by Crippen LogP contribution is 1.94. The molecule has 1 rings (SSSR count). The first-order chi connectivity index (χ1) is 6.43. The van der Waals surface area contributed by atoms with Crippen molar-refractivity contribution in [1.82, 2.24) is 0 Å². The minimum atomic E-state index is 0.997. The standard InChI is InChI=1S/C12H11Br/c13-11-7-2-1-4-8-12-9-5-3-6-10-12/h1-3,5-6,9-10H,7,11H2/b2-1+. The Labute approximate surface area is 87.8 Å². The Kier molecular flexibility index (Phi) is 5.05. The van der Waals surface area contributed by atoms with E-state index < -0.39 is 0 Å². The highest BCUT2D eigenvalue weighted by atomic mass is 79.9. The van der Waals surface area contributed by atoms with E-state index in [0.29, 0.717) is 0 Å². The lowest BCUT2D eigenvalue weighted by Crippen LogP contribution is -1.69. The van der Waals surface area contributed by atoms with Crippen molar-refractivity contribution >= 4 is 15.9 Å². The highest BCUT2D eigenvalue weighted by molar-refractivity contribution is 9.09. The van der Waals surface area contributed by atoms with Gasteiger partial charge in [0.2, 0.25) is 0 Å². The molecule has 0 aliphatic heterocycles. The second-order valence-corrected chi connectivity index (χ2v) is 3.31. The molecule has 0 nitrogen and oxygen atoms in total. The molecule has 0 bridgehead atoms. The summed E-state index contributed by atoms with van der Waals surface area (Å²) in [5, 5.41) is 0.997. The Hall–Kier alpha value is -1.00. The number of alkyl halides is 1. The molecule has 66 valence electrons. The maximum atomic E-state index is 3.35. The van der Waals surface area contributed by atoms with Gasteiger partial charge in [0.05, 0.1) is 0 Å². The molecule has 0 saturated heterocycles. The topological polar surface area (TPSA) is 0 Å². The van der Waals surface area contributed by atoms with Crippen molar-refractivity contribution in [2.75, 3.05) is 5.33 Å². The van der Waals surface area contributed by atoms with Crippen LogP contribution in [0.1, 0.15) is 12.0 Å². The molecular weight excluding hydrogens is 224 g/mol. The summed E-state index contributed by atoms with van der Waals surface area (Å²) in [5.41, 5.74) is 1.06. The summed E-state index contributed by atoms with van der Waals surface area (Å²) < 4.78 is 0. The molecular formula is C12H11Br. The normalized spacial score (nSPS) is 9.62. The number of hydrogen-bond acceptors (Lipinski definition) is 0. The summed E-state index contributed by atoms with van der Waals surface area (Å²) in [6.45, 7) is 0. The van der Waals surface area contributed by atoms with Crippen molar-refractivity contribution < 1.29 is 0 Å². The van der Waals surface area contributed by atoms with Gasteiger partial charge in [-0.05, 0) is 24.6 Å². The molecule has 13 heavy (non-hydrogen) atoms. The zero-order valence-electron chi connectivity index (χ0n) is 7.33. The van der Waals surface area contributed by atoms with Crippen LogP contribution in [-0.4, -0.2) is 5.33 Å². The van der Waals surface area contributed by atoms with E-state index in [1.165, 1.54) is 0 Å². The zero-order valence-corrected chi connectivity index (χ0v) is 8.92. The third-order valence-electron chi connectivity index (χ3n) is 1.47. The van der Waals surface area contributed by atoms with Crippen LogP contribution in [0.3, 0.4) is 0 Å². The quantitative estimate of drug-likeness (QED) is 0.544. The first kappa shape index (κ1) is 10.1.